The summed E-state index contributed by atoms with van der Waals surface area (Å²) in [5.74, 6) is 0. The Balaban J connectivity index is 2.24. The number of methoxy groups -OCH3 is 1. The van der Waals surface area contributed by atoms with E-state index in [2.05, 4.69) is 12.2 Å². The largest absolute Gasteiger partial charge is 0.383 e. The monoisotopic (exact) mass is 230 g/mol. The summed E-state index contributed by atoms with van der Waals surface area (Å²) in [5.41, 5.74) is 5.55. The van der Waals surface area contributed by atoms with Gasteiger partial charge in [0.2, 0.25) is 0 Å². The summed E-state index contributed by atoms with van der Waals surface area (Å²) in [4.78, 5) is 0. The summed E-state index contributed by atoms with van der Waals surface area (Å²) in [6.45, 7) is 5.48. The molecule has 2 atom stereocenters. The summed E-state index contributed by atoms with van der Waals surface area (Å²) in [6, 6.07) is 0.398. The molecule has 0 aromatic heterocycles. The minimum Gasteiger partial charge on any atom is -0.383 e. The molecule has 0 aromatic rings. The number of hydrogen-bond acceptors (Lipinski definition) is 4. The lowest BCUT2D eigenvalue weighted by Crippen LogP contribution is -2.44. The molecule has 0 aliphatic carbocycles. The van der Waals surface area contributed by atoms with Crippen LogP contribution in [-0.4, -0.2) is 45.1 Å². The van der Waals surface area contributed by atoms with Crippen molar-refractivity contribution >= 4 is 0 Å². The third kappa shape index (κ3) is 4.78. The molecule has 0 spiro atoms. The molecule has 96 valence electrons. The number of nitrogens with one attached hydrogen (secondary N) is 1. The van der Waals surface area contributed by atoms with Gasteiger partial charge in [-0.2, -0.15) is 0 Å². The van der Waals surface area contributed by atoms with E-state index in [4.69, 9.17) is 15.2 Å². The molecule has 2 unspecified atom stereocenters. The van der Waals surface area contributed by atoms with Gasteiger partial charge >= 0.3 is 0 Å². The maximum absolute atomic E-state index is 5.75. The lowest BCUT2D eigenvalue weighted by molar-refractivity contribution is 0.0158. The fraction of sp³-hybridized carbons (Fsp3) is 1.00. The molecule has 3 N–H and O–H groups in total. The Kier molecular flexibility index (Phi) is 6.28. The van der Waals surface area contributed by atoms with Gasteiger partial charge in [0.05, 0.1) is 12.2 Å². The maximum Gasteiger partial charge on any atom is 0.0779 e. The van der Waals surface area contributed by atoms with Gasteiger partial charge in [0.25, 0.3) is 0 Å². The average Bonchev–Trinajstić information content (AvgIpc) is 2.70. The molecule has 1 heterocycles. The van der Waals surface area contributed by atoms with Crippen molar-refractivity contribution in [3.8, 4) is 0 Å². The second-order valence-corrected chi connectivity index (χ2v) is 4.87. The molecule has 16 heavy (non-hydrogen) atoms. The molecule has 4 heteroatoms. The Morgan fingerprint density at radius 2 is 2.38 bits per heavy atom. The van der Waals surface area contributed by atoms with Crippen molar-refractivity contribution in [2.24, 2.45) is 5.73 Å². The molecule has 4 nitrogen and oxygen atoms in total. The van der Waals surface area contributed by atoms with Gasteiger partial charge in [-0.1, -0.05) is 0 Å². The minimum atomic E-state index is 0.0225. The van der Waals surface area contributed by atoms with Crippen molar-refractivity contribution in [3.05, 3.63) is 0 Å². The Morgan fingerprint density at radius 1 is 1.56 bits per heavy atom. The predicted molar refractivity (Wildman–Crippen MR) is 65.5 cm³/mol. The third-order valence-corrected chi connectivity index (χ3v) is 3.19. The number of ether oxygens (including phenoxy) is 2. The van der Waals surface area contributed by atoms with Gasteiger partial charge in [0.1, 0.15) is 0 Å². The zero-order chi connectivity index (χ0) is 11.9. The van der Waals surface area contributed by atoms with E-state index >= 15 is 0 Å². The Bertz CT molecular complexity index is 182. The van der Waals surface area contributed by atoms with Gasteiger partial charge in [-0.05, 0) is 39.2 Å². The standard InChI is InChI=1S/C12H26N2O2/c1-12(6-4-8-16-12)10-14-11(9-15-2)5-3-7-13/h11,14H,3-10,13H2,1-2H3. The topological polar surface area (TPSA) is 56.5 Å². The first-order valence-corrected chi connectivity index (χ1v) is 6.26. The molecule has 0 aromatic carbocycles. The van der Waals surface area contributed by atoms with Crippen LogP contribution in [0.15, 0.2) is 0 Å². The van der Waals surface area contributed by atoms with Crippen LogP contribution < -0.4 is 11.1 Å². The van der Waals surface area contributed by atoms with Gasteiger partial charge in [-0.3, -0.25) is 0 Å². The second-order valence-electron chi connectivity index (χ2n) is 4.87. The van der Waals surface area contributed by atoms with E-state index in [1.807, 2.05) is 0 Å². The molecule has 1 fully saturated rings. The normalized spacial score (nSPS) is 27.2. The highest BCUT2D eigenvalue weighted by atomic mass is 16.5. The van der Waals surface area contributed by atoms with Gasteiger partial charge in [0.15, 0.2) is 0 Å². The van der Waals surface area contributed by atoms with Gasteiger partial charge in [-0.15, -0.1) is 0 Å². The molecule has 1 aliphatic heterocycles. The van der Waals surface area contributed by atoms with Crippen LogP contribution in [0, 0.1) is 0 Å². The number of hydrogen-bond donors (Lipinski definition) is 2. The smallest absolute Gasteiger partial charge is 0.0779 e. The lowest BCUT2D eigenvalue weighted by Gasteiger charge is -2.27. The quantitative estimate of drug-likeness (QED) is 0.650. The van der Waals surface area contributed by atoms with Crippen molar-refractivity contribution in [2.75, 3.05) is 33.4 Å². The van der Waals surface area contributed by atoms with Crippen molar-refractivity contribution in [3.63, 3.8) is 0 Å². The van der Waals surface area contributed by atoms with Crippen molar-refractivity contribution in [1.82, 2.24) is 5.32 Å². The van der Waals surface area contributed by atoms with E-state index in [9.17, 15) is 0 Å². The van der Waals surface area contributed by atoms with Crippen LogP contribution in [0.25, 0.3) is 0 Å². The SMILES string of the molecule is COCC(CCCN)NCC1(C)CCCO1. The van der Waals surface area contributed by atoms with Crippen molar-refractivity contribution in [2.45, 2.75) is 44.2 Å². The molecule has 0 radical (unpaired) electrons. The van der Waals surface area contributed by atoms with Crippen LogP contribution >= 0.6 is 0 Å². The Hall–Kier alpha value is -0.160. The van der Waals surface area contributed by atoms with Crippen LogP contribution in [0.3, 0.4) is 0 Å². The summed E-state index contributed by atoms with van der Waals surface area (Å²) < 4.78 is 11.0. The lowest BCUT2D eigenvalue weighted by atomic mass is 10.0. The van der Waals surface area contributed by atoms with Crippen molar-refractivity contribution in [1.29, 1.82) is 0 Å². The highest BCUT2D eigenvalue weighted by Crippen LogP contribution is 2.24. The van der Waals surface area contributed by atoms with E-state index in [0.29, 0.717) is 6.04 Å². The summed E-state index contributed by atoms with van der Waals surface area (Å²) >= 11 is 0. The van der Waals surface area contributed by atoms with Gasteiger partial charge in [0, 0.05) is 26.3 Å². The first kappa shape index (κ1) is 13.9. The average molecular weight is 230 g/mol. The minimum absolute atomic E-state index is 0.0225. The highest BCUT2D eigenvalue weighted by molar-refractivity contribution is 4.84. The maximum atomic E-state index is 5.75. The number of rotatable bonds is 8. The third-order valence-electron chi connectivity index (χ3n) is 3.19. The molecular formula is C12H26N2O2. The highest BCUT2D eigenvalue weighted by Gasteiger charge is 2.29. The first-order valence-electron chi connectivity index (χ1n) is 6.26. The summed E-state index contributed by atoms with van der Waals surface area (Å²) in [7, 11) is 1.74. The Morgan fingerprint density at radius 3 is 2.94 bits per heavy atom. The molecular weight excluding hydrogens is 204 g/mol. The molecule has 1 saturated heterocycles. The molecule has 0 bridgehead atoms. The van der Waals surface area contributed by atoms with Gasteiger partial charge < -0.3 is 20.5 Å². The van der Waals surface area contributed by atoms with Crippen LogP contribution in [0.2, 0.25) is 0 Å². The van der Waals surface area contributed by atoms with Crippen LogP contribution in [0.4, 0.5) is 0 Å². The summed E-state index contributed by atoms with van der Waals surface area (Å²) in [6.07, 6.45) is 4.44. The van der Waals surface area contributed by atoms with Crippen LogP contribution in [0.1, 0.15) is 32.6 Å². The zero-order valence-electron chi connectivity index (χ0n) is 10.6. The van der Waals surface area contributed by atoms with E-state index in [1.54, 1.807) is 7.11 Å². The summed E-state index contributed by atoms with van der Waals surface area (Å²) in [5, 5.41) is 3.53. The van der Waals surface area contributed by atoms with Crippen LogP contribution in [0.5, 0.6) is 0 Å². The van der Waals surface area contributed by atoms with Crippen molar-refractivity contribution < 1.29 is 9.47 Å². The van der Waals surface area contributed by atoms with E-state index in [1.165, 1.54) is 6.42 Å². The fourth-order valence-corrected chi connectivity index (χ4v) is 2.15. The van der Waals surface area contributed by atoms with E-state index in [0.717, 1.165) is 45.6 Å². The first-order chi connectivity index (χ1) is 7.70. The number of nitrogens with two attached hydrogens (primary N) is 1. The molecule has 1 rings (SSSR count). The zero-order valence-corrected chi connectivity index (χ0v) is 10.6. The second kappa shape index (κ2) is 7.22. The molecule has 0 saturated carbocycles. The predicted octanol–water partition coefficient (Wildman–Crippen LogP) is 0.899. The molecule has 0 amide bonds. The fourth-order valence-electron chi connectivity index (χ4n) is 2.15. The molecule has 1 aliphatic rings. The van der Waals surface area contributed by atoms with E-state index in [-0.39, 0.29) is 5.60 Å². The Labute approximate surface area is 98.9 Å². The van der Waals surface area contributed by atoms with Crippen LogP contribution in [-0.2, 0) is 9.47 Å². The van der Waals surface area contributed by atoms with Gasteiger partial charge in [-0.25, -0.2) is 0 Å². The van der Waals surface area contributed by atoms with E-state index < -0.39 is 0 Å².